The Bertz CT molecular complexity index is 706. The summed E-state index contributed by atoms with van der Waals surface area (Å²) in [6, 6.07) is 9.41. The average Bonchev–Trinajstić information content (AvgIpc) is 2.76. The molecule has 1 N–H and O–H groups in total. The van der Waals surface area contributed by atoms with E-state index in [-0.39, 0.29) is 11.9 Å². The highest BCUT2D eigenvalue weighted by Crippen LogP contribution is 2.43. The highest BCUT2D eigenvalue weighted by atomic mass is 16.5. The first kappa shape index (κ1) is 20.3. The molecule has 5 rings (SSSR count). The van der Waals surface area contributed by atoms with Gasteiger partial charge < -0.3 is 19.9 Å². The first-order valence-electron chi connectivity index (χ1n) is 12.2. The molecule has 0 atom stereocenters. The van der Waals surface area contributed by atoms with Crippen LogP contribution in [0.25, 0.3) is 0 Å². The van der Waals surface area contributed by atoms with Gasteiger partial charge >= 0.3 is 0 Å². The van der Waals surface area contributed by atoms with Crippen molar-refractivity contribution in [1.29, 1.82) is 0 Å². The van der Waals surface area contributed by atoms with Gasteiger partial charge in [-0.25, -0.2) is 0 Å². The molecule has 164 valence electrons. The third-order valence-electron chi connectivity index (χ3n) is 8.33. The molecular formula is C25H37N3O2. The molecule has 1 aromatic rings. The summed E-state index contributed by atoms with van der Waals surface area (Å²) in [4.78, 5) is 17.8. The molecule has 3 aliphatic heterocycles. The van der Waals surface area contributed by atoms with Crippen LogP contribution >= 0.6 is 0 Å². The summed E-state index contributed by atoms with van der Waals surface area (Å²) < 4.78 is 5.38. The summed E-state index contributed by atoms with van der Waals surface area (Å²) in [5, 5.41) is 3.16. The third kappa shape index (κ3) is 4.38. The van der Waals surface area contributed by atoms with E-state index in [1.807, 2.05) is 12.1 Å². The molecular weight excluding hydrogens is 374 g/mol. The van der Waals surface area contributed by atoms with Crippen molar-refractivity contribution in [2.45, 2.75) is 69.9 Å². The van der Waals surface area contributed by atoms with Crippen LogP contribution < -0.4 is 10.2 Å². The fourth-order valence-corrected chi connectivity index (χ4v) is 5.79. The van der Waals surface area contributed by atoms with Gasteiger partial charge in [-0.15, -0.1) is 0 Å². The van der Waals surface area contributed by atoms with E-state index in [0.29, 0.717) is 5.41 Å². The zero-order chi connectivity index (χ0) is 20.4. The Kier molecular flexibility index (Phi) is 6.01. The van der Waals surface area contributed by atoms with Gasteiger partial charge in [0.25, 0.3) is 5.91 Å². The van der Waals surface area contributed by atoms with Crippen LogP contribution in [-0.2, 0) is 4.74 Å². The molecule has 0 radical (unpaired) electrons. The Balaban J connectivity index is 1.11. The normalized spacial score (nSPS) is 25.8. The number of likely N-dealkylation sites (tertiary alicyclic amines) is 1. The Morgan fingerprint density at radius 3 is 2.13 bits per heavy atom. The van der Waals surface area contributed by atoms with Crippen molar-refractivity contribution in [3.8, 4) is 0 Å². The Morgan fingerprint density at radius 1 is 0.900 bits per heavy atom. The van der Waals surface area contributed by atoms with Crippen molar-refractivity contribution in [3.63, 3.8) is 0 Å². The van der Waals surface area contributed by atoms with Crippen LogP contribution in [-0.4, -0.2) is 62.3 Å². The minimum Gasteiger partial charge on any atom is -0.381 e. The molecule has 5 heteroatoms. The van der Waals surface area contributed by atoms with Gasteiger partial charge in [0, 0.05) is 49.6 Å². The second-order valence-corrected chi connectivity index (χ2v) is 10.0. The smallest absolute Gasteiger partial charge is 0.251 e. The number of nitrogens with zero attached hydrogens (tertiary/aromatic N) is 2. The molecule has 0 unspecified atom stereocenters. The maximum absolute atomic E-state index is 12.5. The van der Waals surface area contributed by atoms with Gasteiger partial charge in [0.1, 0.15) is 0 Å². The zero-order valence-electron chi connectivity index (χ0n) is 18.3. The number of amides is 1. The molecule has 3 heterocycles. The topological polar surface area (TPSA) is 44.8 Å². The summed E-state index contributed by atoms with van der Waals surface area (Å²) in [7, 11) is 0. The van der Waals surface area contributed by atoms with Crippen LogP contribution in [0.5, 0.6) is 0 Å². The monoisotopic (exact) mass is 411 g/mol. The van der Waals surface area contributed by atoms with Gasteiger partial charge in [-0.1, -0.05) is 6.42 Å². The minimum atomic E-state index is 0.0456. The van der Waals surface area contributed by atoms with Gasteiger partial charge in [0.05, 0.1) is 0 Å². The van der Waals surface area contributed by atoms with Crippen molar-refractivity contribution in [2.75, 3.05) is 44.3 Å². The number of nitrogens with one attached hydrogen (secondary N) is 1. The number of piperidine rings is 2. The fraction of sp³-hybridized carbons (Fsp3) is 0.720. The number of carbonyl (C=O) groups is 1. The second kappa shape index (κ2) is 8.88. The Hall–Kier alpha value is -1.59. The van der Waals surface area contributed by atoms with E-state index >= 15 is 0 Å². The lowest BCUT2D eigenvalue weighted by Gasteiger charge is -2.50. The second-order valence-electron chi connectivity index (χ2n) is 10.0. The molecule has 0 aromatic heterocycles. The first-order valence-corrected chi connectivity index (χ1v) is 12.2. The van der Waals surface area contributed by atoms with Crippen LogP contribution in [0.4, 0.5) is 5.69 Å². The van der Waals surface area contributed by atoms with Gasteiger partial charge in [-0.3, -0.25) is 4.79 Å². The molecule has 1 saturated carbocycles. The highest BCUT2D eigenvalue weighted by molar-refractivity contribution is 5.94. The molecule has 0 bridgehead atoms. The van der Waals surface area contributed by atoms with Crippen LogP contribution in [0, 0.1) is 5.41 Å². The fourth-order valence-electron chi connectivity index (χ4n) is 5.79. The standard InChI is InChI=1S/C25H37N3O2/c29-24(26-21-8-18-30-19-9-21)20-4-6-23(7-5-20)28-16-12-25(13-17-28)10-14-27(15-11-25)22-2-1-3-22/h4-7,21-22H,1-3,8-19H2,(H,26,29). The summed E-state index contributed by atoms with van der Waals surface area (Å²) in [5.41, 5.74) is 2.61. The summed E-state index contributed by atoms with van der Waals surface area (Å²) >= 11 is 0. The Labute approximate surface area is 181 Å². The van der Waals surface area contributed by atoms with E-state index in [1.165, 1.54) is 63.7 Å². The predicted molar refractivity (Wildman–Crippen MR) is 120 cm³/mol. The zero-order valence-corrected chi connectivity index (χ0v) is 18.3. The lowest BCUT2D eigenvalue weighted by Crippen LogP contribution is -2.50. The number of ether oxygens (including phenoxy) is 1. The molecule has 4 aliphatic rings. The Morgan fingerprint density at radius 2 is 1.53 bits per heavy atom. The van der Waals surface area contributed by atoms with Crippen molar-refractivity contribution in [1.82, 2.24) is 10.2 Å². The van der Waals surface area contributed by atoms with Crippen LogP contribution in [0.3, 0.4) is 0 Å². The number of hydrogen-bond donors (Lipinski definition) is 1. The highest BCUT2D eigenvalue weighted by Gasteiger charge is 2.39. The van der Waals surface area contributed by atoms with Gasteiger partial charge in [0.15, 0.2) is 0 Å². The number of hydrogen-bond acceptors (Lipinski definition) is 4. The first-order chi connectivity index (χ1) is 14.7. The summed E-state index contributed by atoms with van der Waals surface area (Å²) in [5.74, 6) is 0.0456. The van der Waals surface area contributed by atoms with Crippen LogP contribution in [0.15, 0.2) is 24.3 Å². The summed E-state index contributed by atoms with van der Waals surface area (Å²) in [6.45, 7) is 6.44. The van der Waals surface area contributed by atoms with Crippen molar-refractivity contribution in [3.05, 3.63) is 29.8 Å². The third-order valence-corrected chi connectivity index (χ3v) is 8.33. The van der Waals surface area contributed by atoms with Gasteiger partial charge in [0.2, 0.25) is 0 Å². The van der Waals surface area contributed by atoms with Crippen molar-refractivity contribution >= 4 is 11.6 Å². The molecule has 3 saturated heterocycles. The van der Waals surface area contributed by atoms with E-state index in [9.17, 15) is 4.79 Å². The largest absolute Gasteiger partial charge is 0.381 e. The quantitative estimate of drug-likeness (QED) is 0.818. The predicted octanol–water partition coefficient (Wildman–Crippen LogP) is 3.83. The lowest BCUT2D eigenvalue weighted by atomic mass is 9.70. The number of carbonyl (C=O) groups excluding carboxylic acids is 1. The minimum absolute atomic E-state index is 0.0456. The number of anilines is 1. The van der Waals surface area contributed by atoms with E-state index in [0.717, 1.165) is 50.8 Å². The lowest BCUT2D eigenvalue weighted by molar-refractivity contribution is 0.0306. The van der Waals surface area contributed by atoms with Crippen LogP contribution in [0.2, 0.25) is 0 Å². The molecule has 30 heavy (non-hydrogen) atoms. The van der Waals surface area contributed by atoms with Gasteiger partial charge in [-0.2, -0.15) is 0 Å². The van der Waals surface area contributed by atoms with E-state index in [1.54, 1.807) is 0 Å². The van der Waals surface area contributed by atoms with E-state index < -0.39 is 0 Å². The molecule has 1 amide bonds. The summed E-state index contributed by atoms with van der Waals surface area (Å²) in [6.07, 6.45) is 11.6. The molecule has 1 spiro atoms. The van der Waals surface area contributed by atoms with Crippen molar-refractivity contribution < 1.29 is 9.53 Å². The molecule has 1 aliphatic carbocycles. The molecule has 1 aromatic carbocycles. The number of benzene rings is 1. The molecule has 5 nitrogen and oxygen atoms in total. The number of rotatable bonds is 4. The van der Waals surface area contributed by atoms with Crippen molar-refractivity contribution in [2.24, 2.45) is 5.41 Å². The maximum atomic E-state index is 12.5. The molecule has 4 fully saturated rings. The van der Waals surface area contributed by atoms with E-state index in [4.69, 9.17) is 4.74 Å². The average molecular weight is 412 g/mol. The van der Waals surface area contributed by atoms with E-state index in [2.05, 4.69) is 27.2 Å². The van der Waals surface area contributed by atoms with Crippen LogP contribution in [0.1, 0.15) is 68.1 Å². The van der Waals surface area contributed by atoms with Gasteiger partial charge in [-0.05, 0) is 94.1 Å². The maximum Gasteiger partial charge on any atom is 0.251 e. The SMILES string of the molecule is O=C(NC1CCOCC1)c1ccc(N2CCC3(CC2)CCN(C2CCC2)CC3)cc1.